The molecular formula is C17H19N3O3. The number of nitro groups is 1. The number of aromatic nitrogens is 1. The molecule has 0 bridgehead atoms. The van der Waals surface area contributed by atoms with Crippen LogP contribution < -0.4 is 4.90 Å². The van der Waals surface area contributed by atoms with Gasteiger partial charge in [-0.3, -0.25) is 10.1 Å². The van der Waals surface area contributed by atoms with Gasteiger partial charge in [-0.1, -0.05) is 37.3 Å². The van der Waals surface area contributed by atoms with Gasteiger partial charge in [-0.25, -0.2) is 4.98 Å². The van der Waals surface area contributed by atoms with Crippen LogP contribution >= 0.6 is 0 Å². The summed E-state index contributed by atoms with van der Waals surface area (Å²) in [6, 6.07) is 12.3. The van der Waals surface area contributed by atoms with Crippen molar-refractivity contribution in [2.75, 3.05) is 18.0 Å². The summed E-state index contributed by atoms with van der Waals surface area (Å²) in [4.78, 5) is 17.4. The number of hydrogen-bond acceptors (Lipinski definition) is 5. The highest BCUT2D eigenvalue weighted by atomic mass is 16.6. The first-order valence-corrected chi connectivity index (χ1v) is 7.70. The molecule has 23 heavy (non-hydrogen) atoms. The van der Waals surface area contributed by atoms with E-state index in [4.69, 9.17) is 0 Å². The topological polar surface area (TPSA) is 79.5 Å². The fourth-order valence-electron chi connectivity index (χ4n) is 2.83. The Labute approximate surface area is 134 Å². The van der Waals surface area contributed by atoms with Crippen LogP contribution in [0.5, 0.6) is 0 Å². The Hall–Kier alpha value is -2.47. The maximum absolute atomic E-state index is 11.3. The molecule has 3 rings (SSSR count). The van der Waals surface area contributed by atoms with Gasteiger partial charge in [0.15, 0.2) is 5.69 Å². The zero-order valence-electron chi connectivity index (χ0n) is 12.9. The van der Waals surface area contributed by atoms with E-state index in [-0.39, 0.29) is 11.6 Å². The van der Waals surface area contributed by atoms with Gasteiger partial charge >= 0.3 is 0 Å². The second kappa shape index (κ2) is 6.34. The van der Waals surface area contributed by atoms with E-state index in [9.17, 15) is 15.2 Å². The molecule has 1 N–H and O–H groups in total. The van der Waals surface area contributed by atoms with Crippen LogP contribution in [-0.4, -0.2) is 34.2 Å². The zero-order valence-corrected chi connectivity index (χ0v) is 12.9. The van der Waals surface area contributed by atoms with Crippen molar-refractivity contribution < 1.29 is 10.0 Å². The van der Waals surface area contributed by atoms with Crippen LogP contribution in [0.25, 0.3) is 11.3 Å². The van der Waals surface area contributed by atoms with Crippen LogP contribution in [-0.2, 0) is 0 Å². The molecule has 2 atom stereocenters. The lowest BCUT2D eigenvalue weighted by Gasteiger charge is -2.35. The highest BCUT2D eigenvalue weighted by Gasteiger charge is 2.26. The van der Waals surface area contributed by atoms with E-state index in [1.54, 1.807) is 6.07 Å². The van der Waals surface area contributed by atoms with Crippen LogP contribution in [0.3, 0.4) is 0 Å². The Morgan fingerprint density at radius 1 is 1.26 bits per heavy atom. The molecule has 2 unspecified atom stereocenters. The average Bonchev–Trinajstić information content (AvgIpc) is 2.57. The molecule has 0 radical (unpaired) electrons. The third kappa shape index (κ3) is 3.17. The lowest BCUT2D eigenvalue weighted by molar-refractivity contribution is -0.384. The number of benzene rings is 1. The number of β-amino-alcohol motifs (C(OH)–C–C–N with tert-alkyl or cyclic N) is 1. The van der Waals surface area contributed by atoms with Gasteiger partial charge in [0, 0.05) is 24.7 Å². The normalized spacial score (nSPS) is 21.2. The van der Waals surface area contributed by atoms with Gasteiger partial charge < -0.3 is 10.0 Å². The van der Waals surface area contributed by atoms with Crippen LogP contribution in [0, 0.1) is 16.0 Å². The minimum Gasteiger partial charge on any atom is -0.391 e. The zero-order chi connectivity index (χ0) is 16.4. The molecule has 0 saturated carbocycles. The summed E-state index contributed by atoms with van der Waals surface area (Å²) in [5, 5.41) is 21.4. The molecule has 1 aromatic heterocycles. The van der Waals surface area contributed by atoms with Gasteiger partial charge in [0.1, 0.15) is 5.82 Å². The Morgan fingerprint density at radius 3 is 2.65 bits per heavy atom. The predicted molar refractivity (Wildman–Crippen MR) is 88.3 cm³/mol. The average molecular weight is 313 g/mol. The van der Waals surface area contributed by atoms with Crippen molar-refractivity contribution >= 4 is 11.5 Å². The lowest BCUT2D eigenvalue weighted by atomic mass is 9.96. The molecule has 1 fully saturated rings. The first-order chi connectivity index (χ1) is 11.1. The predicted octanol–water partition coefficient (Wildman–Crippen LogP) is 2.86. The summed E-state index contributed by atoms with van der Waals surface area (Å²) in [7, 11) is 0. The molecule has 6 heteroatoms. The highest BCUT2D eigenvalue weighted by molar-refractivity contribution is 5.71. The molecule has 6 nitrogen and oxygen atoms in total. The Kier molecular flexibility index (Phi) is 4.25. The van der Waals surface area contributed by atoms with Crippen LogP contribution in [0.1, 0.15) is 13.3 Å². The fourth-order valence-corrected chi connectivity index (χ4v) is 2.83. The van der Waals surface area contributed by atoms with Crippen LogP contribution in [0.2, 0.25) is 0 Å². The van der Waals surface area contributed by atoms with Gasteiger partial charge in [-0.15, -0.1) is 0 Å². The molecule has 2 heterocycles. The van der Waals surface area contributed by atoms with Crippen molar-refractivity contribution in [3.8, 4) is 11.3 Å². The molecule has 1 saturated heterocycles. The lowest BCUT2D eigenvalue weighted by Crippen LogP contribution is -2.43. The number of nitrogens with zero attached hydrogens (tertiary/aromatic N) is 3. The van der Waals surface area contributed by atoms with Crippen molar-refractivity contribution in [2.45, 2.75) is 19.4 Å². The van der Waals surface area contributed by atoms with E-state index in [0.29, 0.717) is 23.6 Å². The molecule has 2 aromatic rings. The standard InChI is InChI=1S/C17H19N3O3/c1-12-9-10-19(11-15(12)21)16-8-7-14(20(22)23)17(18-16)13-5-3-2-4-6-13/h2-8,12,15,21H,9-11H2,1H3. The maximum atomic E-state index is 11.3. The highest BCUT2D eigenvalue weighted by Crippen LogP contribution is 2.31. The number of rotatable bonds is 3. The third-order valence-electron chi connectivity index (χ3n) is 4.35. The number of piperidine rings is 1. The van der Waals surface area contributed by atoms with Crippen molar-refractivity contribution in [1.82, 2.24) is 4.98 Å². The molecule has 0 aliphatic carbocycles. The SMILES string of the molecule is CC1CCN(c2ccc([N+](=O)[O-])c(-c3ccccc3)n2)CC1O. The first kappa shape index (κ1) is 15.4. The number of hydrogen-bond donors (Lipinski definition) is 1. The van der Waals surface area contributed by atoms with Gasteiger partial charge in [0.05, 0.1) is 11.0 Å². The summed E-state index contributed by atoms with van der Waals surface area (Å²) in [6.45, 7) is 3.32. The third-order valence-corrected chi connectivity index (χ3v) is 4.35. The number of pyridine rings is 1. The van der Waals surface area contributed by atoms with Crippen LogP contribution in [0.15, 0.2) is 42.5 Å². The largest absolute Gasteiger partial charge is 0.391 e. The first-order valence-electron chi connectivity index (χ1n) is 7.70. The van der Waals surface area contributed by atoms with E-state index < -0.39 is 11.0 Å². The van der Waals surface area contributed by atoms with Gasteiger partial charge in [0.2, 0.25) is 0 Å². The maximum Gasteiger partial charge on any atom is 0.295 e. The Morgan fingerprint density at radius 2 is 2.00 bits per heavy atom. The van der Waals surface area contributed by atoms with Crippen molar-refractivity contribution in [1.29, 1.82) is 0 Å². The monoisotopic (exact) mass is 313 g/mol. The van der Waals surface area contributed by atoms with E-state index in [0.717, 1.165) is 13.0 Å². The summed E-state index contributed by atoms with van der Waals surface area (Å²) < 4.78 is 0. The number of aliphatic hydroxyl groups is 1. The Balaban J connectivity index is 1.99. The minimum atomic E-state index is -0.410. The van der Waals surface area contributed by atoms with E-state index >= 15 is 0 Å². The smallest absolute Gasteiger partial charge is 0.295 e. The summed E-state index contributed by atoms with van der Waals surface area (Å²) >= 11 is 0. The van der Waals surface area contributed by atoms with E-state index in [1.165, 1.54) is 6.07 Å². The molecule has 1 aromatic carbocycles. The second-order valence-corrected chi connectivity index (χ2v) is 5.94. The molecule has 0 spiro atoms. The molecular weight excluding hydrogens is 294 g/mol. The summed E-state index contributed by atoms with van der Waals surface area (Å²) in [5.41, 5.74) is 1.07. The van der Waals surface area contributed by atoms with Gasteiger partial charge in [0.25, 0.3) is 5.69 Å². The molecule has 0 amide bonds. The van der Waals surface area contributed by atoms with Crippen molar-refractivity contribution in [3.05, 3.63) is 52.6 Å². The number of anilines is 1. The minimum absolute atomic E-state index is 0.00845. The van der Waals surface area contributed by atoms with Crippen molar-refractivity contribution in [3.63, 3.8) is 0 Å². The molecule has 1 aliphatic heterocycles. The fraction of sp³-hybridized carbons (Fsp3) is 0.353. The summed E-state index contributed by atoms with van der Waals surface area (Å²) in [6.07, 6.45) is 0.474. The molecule has 120 valence electrons. The second-order valence-electron chi connectivity index (χ2n) is 5.94. The van der Waals surface area contributed by atoms with Gasteiger partial charge in [-0.2, -0.15) is 0 Å². The van der Waals surface area contributed by atoms with Crippen molar-refractivity contribution in [2.24, 2.45) is 5.92 Å². The molecule has 1 aliphatic rings. The van der Waals surface area contributed by atoms with E-state index in [2.05, 4.69) is 4.98 Å². The quantitative estimate of drug-likeness (QED) is 0.696. The van der Waals surface area contributed by atoms with E-state index in [1.807, 2.05) is 42.2 Å². The Bertz CT molecular complexity index is 705. The van der Waals surface area contributed by atoms with Crippen LogP contribution in [0.4, 0.5) is 11.5 Å². The van der Waals surface area contributed by atoms with Gasteiger partial charge in [-0.05, 0) is 18.4 Å². The number of aliphatic hydroxyl groups excluding tert-OH is 1. The summed E-state index contributed by atoms with van der Waals surface area (Å²) in [5.74, 6) is 0.929.